The molecule has 0 bridgehead atoms. The molecule has 0 N–H and O–H groups in total. The van der Waals surface area contributed by atoms with E-state index in [-0.39, 0.29) is 17.8 Å². The second kappa shape index (κ2) is 8.10. The van der Waals surface area contributed by atoms with Crippen molar-refractivity contribution in [2.45, 2.75) is 20.3 Å². The minimum Gasteiger partial charge on any atom is -0.469 e. The molecule has 0 saturated carbocycles. The lowest BCUT2D eigenvalue weighted by Gasteiger charge is -2.20. The van der Waals surface area contributed by atoms with Gasteiger partial charge < -0.3 is 14.4 Å². The monoisotopic (exact) mass is 231 g/mol. The van der Waals surface area contributed by atoms with E-state index < -0.39 is 0 Å². The summed E-state index contributed by atoms with van der Waals surface area (Å²) in [5.74, 6) is -0.625. The first-order valence-corrected chi connectivity index (χ1v) is 5.42. The van der Waals surface area contributed by atoms with Crippen LogP contribution in [0.15, 0.2) is 0 Å². The van der Waals surface area contributed by atoms with Gasteiger partial charge in [0.2, 0.25) is 5.91 Å². The van der Waals surface area contributed by atoms with Gasteiger partial charge in [-0.15, -0.1) is 0 Å². The second-order valence-corrected chi connectivity index (χ2v) is 3.65. The van der Waals surface area contributed by atoms with Gasteiger partial charge in [0.15, 0.2) is 0 Å². The molecule has 0 aliphatic rings. The third kappa shape index (κ3) is 5.70. The van der Waals surface area contributed by atoms with Crippen molar-refractivity contribution >= 4 is 11.9 Å². The molecule has 0 rings (SSSR count). The molecule has 0 saturated heterocycles. The van der Waals surface area contributed by atoms with Crippen LogP contribution in [0, 0.1) is 5.92 Å². The first kappa shape index (κ1) is 14.9. The van der Waals surface area contributed by atoms with Crippen LogP contribution in [0.5, 0.6) is 0 Å². The maximum Gasteiger partial charge on any atom is 0.310 e. The van der Waals surface area contributed by atoms with Crippen LogP contribution < -0.4 is 0 Å². The van der Waals surface area contributed by atoms with Crippen LogP contribution in [0.1, 0.15) is 20.3 Å². The third-order valence-corrected chi connectivity index (χ3v) is 2.24. The number of hydrogen-bond acceptors (Lipinski definition) is 4. The number of hydrogen-bond donors (Lipinski definition) is 0. The Labute approximate surface area is 96.7 Å². The van der Waals surface area contributed by atoms with Crippen molar-refractivity contribution in [3.05, 3.63) is 0 Å². The van der Waals surface area contributed by atoms with Crippen LogP contribution in [0.4, 0.5) is 0 Å². The maximum absolute atomic E-state index is 11.6. The summed E-state index contributed by atoms with van der Waals surface area (Å²) in [6.45, 7) is 5.02. The zero-order valence-corrected chi connectivity index (χ0v) is 10.5. The van der Waals surface area contributed by atoms with Crippen LogP contribution >= 0.6 is 0 Å². The van der Waals surface area contributed by atoms with Gasteiger partial charge in [-0.25, -0.2) is 0 Å². The van der Waals surface area contributed by atoms with Crippen LogP contribution in [0.2, 0.25) is 0 Å². The molecule has 0 aliphatic carbocycles. The topological polar surface area (TPSA) is 55.8 Å². The first-order valence-electron chi connectivity index (χ1n) is 5.42. The quantitative estimate of drug-likeness (QED) is 0.477. The number of carbonyl (C=O) groups excluding carboxylic acids is 2. The van der Waals surface area contributed by atoms with E-state index in [9.17, 15) is 9.59 Å². The van der Waals surface area contributed by atoms with Crippen LogP contribution in [0.3, 0.4) is 0 Å². The smallest absolute Gasteiger partial charge is 0.310 e. The summed E-state index contributed by atoms with van der Waals surface area (Å²) in [6, 6.07) is 0. The molecule has 0 aromatic heterocycles. The predicted molar refractivity (Wildman–Crippen MR) is 59.9 cm³/mol. The SMILES string of the molecule is CCOCCC(=O)N(C)CC(C)C(=O)OC. The third-order valence-electron chi connectivity index (χ3n) is 2.24. The molecule has 94 valence electrons. The molecule has 1 amide bonds. The number of carbonyl (C=O) groups is 2. The molecule has 0 spiro atoms. The summed E-state index contributed by atoms with van der Waals surface area (Å²) in [6.07, 6.45) is 0.345. The van der Waals surface area contributed by atoms with Gasteiger partial charge >= 0.3 is 5.97 Å². The molecule has 0 aromatic rings. The Morgan fingerprint density at radius 1 is 1.38 bits per heavy atom. The molecule has 0 aliphatic heterocycles. The molecule has 0 fully saturated rings. The molecule has 16 heavy (non-hydrogen) atoms. The number of ether oxygens (including phenoxy) is 2. The van der Waals surface area contributed by atoms with Crippen molar-refractivity contribution in [2.24, 2.45) is 5.92 Å². The molecular formula is C11H21NO4. The molecule has 0 heterocycles. The summed E-state index contributed by atoms with van der Waals surface area (Å²) in [4.78, 5) is 24.2. The van der Waals surface area contributed by atoms with E-state index in [4.69, 9.17) is 4.74 Å². The zero-order valence-electron chi connectivity index (χ0n) is 10.5. The molecule has 5 nitrogen and oxygen atoms in total. The minimum absolute atomic E-state index is 0.0239. The molecular weight excluding hydrogens is 210 g/mol. The summed E-state index contributed by atoms with van der Waals surface area (Å²) < 4.78 is 9.68. The Balaban J connectivity index is 3.90. The Kier molecular flexibility index (Phi) is 7.54. The number of rotatable bonds is 7. The average Bonchev–Trinajstić information content (AvgIpc) is 2.27. The van der Waals surface area contributed by atoms with Gasteiger partial charge in [-0.05, 0) is 6.92 Å². The van der Waals surface area contributed by atoms with E-state index in [1.54, 1.807) is 14.0 Å². The molecule has 1 atom stereocenters. The number of methoxy groups -OCH3 is 1. The standard InChI is InChI=1S/C11H21NO4/c1-5-16-7-6-10(13)12(3)8-9(2)11(14)15-4/h9H,5-8H2,1-4H3. The Hall–Kier alpha value is -1.10. The first-order chi connectivity index (χ1) is 7.52. The van der Waals surface area contributed by atoms with Crippen molar-refractivity contribution in [3.8, 4) is 0 Å². The second-order valence-electron chi connectivity index (χ2n) is 3.65. The lowest BCUT2D eigenvalue weighted by Crippen LogP contribution is -2.34. The Morgan fingerprint density at radius 2 is 2.00 bits per heavy atom. The summed E-state index contributed by atoms with van der Waals surface area (Å²) in [7, 11) is 3.02. The molecule has 5 heteroatoms. The van der Waals surface area contributed by atoms with Crippen molar-refractivity contribution in [1.82, 2.24) is 4.90 Å². The van der Waals surface area contributed by atoms with Gasteiger partial charge in [0, 0.05) is 20.2 Å². The van der Waals surface area contributed by atoms with Gasteiger partial charge in [0.05, 0.1) is 26.1 Å². The predicted octanol–water partition coefficient (Wildman–Crippen LogP) is 0.680. The number of esters is 1. The highest BCUT2D eigenvalue weighted by atomic mass is 16.5. The van der Waals surface area contributed by atoms with Crippen LogP contribution in [-0.2, 0) is 19.1 Å². The Morgan fingerprint density at radius 3 is 2.50 bits per heavy atom. The lowest BCUT2D eigenvalue weighted by molar-refractivity contribution is -0.146. The van der Waals surface area contributed by atoms with Crippen molar-refractivity contribution < 1.29 is 19.1 Å². The van der Waals surface area contributed by atoms with E-state index in [1.807, 2.05) is 6.92 Å². The number of nitrogens with zero attached hydrogens (tertiary/aromatic N) is 1. The fourth-order valence-corrected chi connectivity index (χ4v) is 1.28. The number of amides is 1. The van der Waals surface area contributed by atoms with E-state index >= 15 is 0 Å². The molecule has 0 aromatic carbocycles. The summed E-state index contributed by atoms with van der Waals surface area (Å²) in [5.41, 5.74) is 0. The van der Waals surface area contributed by atoms with Gasteiger partial charge in [0.1, 0.15) is 0 Å². The minimum atomic E-state index is -0.301. The van der Waals surface area contributed by atoms with Gasteiger partial charge in [-0.3, -0.25) is 9.59 Å². The summed E-state index contributed by atoms with van der Waals surface area (Å²) in [5, 5.41) is 0. The molecule has 1 unspecified atom stereocenters. The maximum atomic E-state index is 11.6. The highest BCUT2D eigenvalue weighted by molar-refractivity contribution is 5.77. The van der Waals surface area contributed by atoms with Gasteiger partial charge in [-0.1, -0.05) is 6.92 Å². The summed E-state index contributed by atoms with van der Waals surface area (Å²) >= 11 is 0. The zero-order chi connectivity index (χ0) is 12.6. The van der Waals surface area contributed by atoms with E-state index in [0.717, 1.165) is 0 Å². The average molecular weight is 231 g/mol. The fraction of sp³-hybridized carbons (Fsp3) is 0.818. The Bertz CT molecular complexity index is 230. The van der Waals surface area contributed by atoms with Crippen LogP contribution in [0.25, 0.3) is 0 Å². The fourth-order valence-electron chi connectivity index (χ4n) is 1.28. The largest absolute Gasteiger partial charge is 0.469 e. The van der Waals surface area contributed by atoms with Crippen molar-refractivity contribution in [3.63, 3.8) is 0 Å². The highest BCUT2D eigenvalue weighted by Gasteiger charge is 2.18. The lowest BCUT2D eigenvalue weighted by atomic mass is 10.1. The van der Waals surface area contributed by atoms with Crippen molar-refractivity contribution in [1.29, 1.82) is 0 Å². The molecule has 0 radical (unpaired) electrons. The van der Waals surface area contributed by atoms with Crippen molar-refractivity contribution in [2.75, 3.05) is 33.9 Å². The van der Waals surface area contributed by atoms with Gasteiger partial charge in [0.25, 0.3) is 0 Å². The van der Waals surface area contributed by atoms with Gasteiger partial charge in [-0.2, -0.15) is 0 Å². The normalized spacial score (nSPS) is 12.0. The highest BCUT2D eigenvalue weighted by Crippen LogP contribution is 2.02. The van der Waals surface area contributed by atoms with E-state index in [0.29, 0.717) is 26.2 Å². The van der Waals surface area contributed by atoms with E-state index in [1.165, 1.54) is 12.0 Å². The van der Waals surface area contributed by atoms with Crippen LogP contribution in [-0.4, -0.2) is 50.7 Å². The van der Waals surface area contributed by atoms with E-state index in [2.05, 4.69) is 4.74 Å².